The third-order valence-electron chi connectivity index (χ3n) is 4.04. The Labute approximate surface area is 125 Å². The lowest BCUT2D eigenvalue weighted by molar-refractivity contribution is 0.0347. The van der Waals surface area contributed by atoms with E-state index in [1.165, 1.54) is 32.1 Å². The molecule has 1 fully saturated rings. The first-order valence-electron chi connectivity index (χ1n) is 7.87. The predicted molar refractivity (Wildman–Crippen MR) is 83.2 cm³/mol. The molecule has 2 aliphatic rings. The molecule has 21 heavy (non-hydrogen) atoms. The lowest BCUT2D eigenvalue weighted by atomic mass is 9.98. The van der Waals surface area contributed by atoms with Crippen molar-refractivity contribution in [2.75, 3.05) is 37.4 Å². The quantitative estimate of drug-likeness (QED) is 0.645. The Morgan fingerprint density at radius 2 is 1.81 bits per heavy atom. The molecule has 3 rings (SSSR count). The molecule has 0 bridgehead atoms. The first-order chi connectivity index (χ1) is 10.3. The molecule has 5 nitrogen and oxygen atoms in total. The minimum atomic E-state index is 0.443. The van der Waals surface area contributed by atoms with Crippen LogP contribution in [0, 0.1) is 0 Å². The van der Waals surface area contributed by atoms with Gasteiger partial charge in [0.2, 0.25) is 0 Å². The number of anilines is 2. The fourth-order valence-corrected chi connectivity index (χ4v) is 2.90. The summed E-state index contributed by atoms with van der Waals surface area (Å²) in [6.07, 6.45) is 6.79. The molecular formula is C16H24N2O3. The highest BCUT2D eigenvalue weighted by molar-refractivity contribution is 5.72. The Balaban J connectivity index is 1.48. The first kappa shape index (κ1) is 14.3. The zero-order valence-corrected chi connectivity index (χ0v) is 12.4. The molecule has 0 aromatic heterocycles. The number of nitrogen functional groups attached to an aromatic ring is 1. The molecule has 116 valence electrons. The minimum absolute atomic E-state index is 0.443. The highest BCUT2D eigenvalue weighted by Crippen LogP contribution is 2.36. The maximum absolute atomic E-state index is 6.03. The molecule has 1 aliphatic heterocycles. The van der Waals surface area contributed by atoms with Gasteiger partial charge in [0.05, 0.1) is 24.1 Å². The molecule has 0 saturated heterocycles. The highest BCUT2D eigenvalue weighted by Gasteiger charge is 2.15. The van der Waals surface area contributed by atoms with Crippen LogP contribution in [0.2, 0.25) is 0 Å². The lowest BCUT2D eigenvalue weighted by Crippen LogP contribution is -2.21. The van der Waals surface area contributed by atoms with Crippen molar-refractivity contribution in [1.82, 2.24) is 0 Å². The van der Waals surface area contributed by atoms with Crippen LogP contribution in [-0.2, 0) is 4.74 Å². The standard InChI is InChI=1S/C16H24N2O3/c17-13-10-15-16(21-9-8-20-15)11-14(13)18-6-7-19-12-4-2-1-3-5-12/h10-12,18H,1-9,17H2. The monoisotopic (exact) mass is 292 g/mol. The summed E-state index contributed by atoms with van der Waals surface area (Å²) in [6.45, 7) is 2.62. The molecule has 5 heteroatoms. The van der Waals surface area contributed by atoms with Crippen molar-refractivity contribution in [3.05, 3.63) is 12.1 Å². The molecule has 1 saturated carbocycles. The number of hydrogen-bond acceptors (Lipinski definition) is 5. The van der Waals surface area contributed by atoms with Crippen LogP contribution in [0.3, 0.4) is 0 Å². The fraction of sp³-hybridized carbons (Fsp3) is 0.625. The SMILES string of the molecule is Nc1cc2c(cc1NCCOC1CCCCC1)OCCO2. The van der Waals surface area contributed by atoms with Crippen molar-refractivity contribution in [3.63, 3.8) is 0 Å². The Morgan fingerprint density at radius 1 is 1.10 bits per heavy atom. The van der Waals surface area contributed by atoms with E-state index >= 15 is 0 Å². The number of benzene rings is 1. The summed E-state index contributed by atoms with van der Waals surface area (Å²) >= 11 is 0. The van der Waals surface area contributed by atoms with Gasteiger partial charge in [-0.3, -0.25) is 0 Å². The molecule has 0 unspecified atom stereocenters. The molecule has 0 radical (unpaired) electrons. The van der Waals surface area contributed by atoms with E-state index in [1.54, 1.807) is 0 Å². The van der Waals surface area contributed by atoms with E-state index in [0.717, 1.165) is 23.7 Å². The van der Waals surface area contributed by atoms with Gasteiger partial charge in [0, 0.05) is 18.7 Å². The Bertz CT molecular complexity index is 473. The largest absolute Gasteiger partial charge is 0.486 e. The van der Waals surface area contributed by atoms with Gasteiger partial charge < -0.3 is 25.3 Å². The second kappa shape index (κ2) is 6.89. The van der Waals surface area contributed by atoms with Gasteiger partial charge in [-0.25, -0.2) is 0 Å². The van der Waals surface area contributed by atoms with Crippen LogP contribution in [0.25, 0.3) is 0 Å². The summed E-state index contributed by atoms with van der Waals surface area (Å²) in [5.41, 5.74) is 7.59. The number of rotatable bonds is 5. The van der Waals surface area contributed by atoms with Crippen LogP contribution in [0.4, 0.5) is 11.4 Å². The van der Waals surface area contributed by atoms with Gasteiger partial charge in [-0.2, -0.15) is 0 Å². The first-order valence-corrected chi connectivity index (χ1v) is 7.87. The molecule has 0 spiro atoms. The maximum Gasteiger partial charge on any atom is 0.163 e. The summed E-state index contributed by atoms with van der Waals surface area (Å²) in [7, 11) is 0. The Kier molecular flexibility index (Phi) is 4.70. The van der Waals surface area contributed by atoms with Gasteiger partial charge in [-0.1, -0.05) is 19.3 Å². The van der Waals surface area contributed by atoms with Gasteiger partial charge in [0.15, 0.2) is 11.5 Å². The number of nitrogens with one attached hydrogen (secondary N) is 1. The van der Waals surface area contributed by atoms with Crippen LogP contribution in [0.15, 0.2) is 12.1 Å². The molecule has 1 aliphatic carbocycles. The van der Waals surface area contributed by atoms with E-state index < -0.39 is 0 Å². The van der Waals surface area contributed by atoms with Crippen molar-refractivity contribution in [3.8, 4) is 11.5 Å². The van der Waals surface area contributed by atoms with Gasteiger partial charge >= 0.3 is 0 Å². The van der Waals surface area contributed by atoms with E-state index in [4.69, 9.17) is 19.9 Å². The molecule has 0 atom stereocenters. The van der Waals surface area contributed by atoms with Crippen LogP contribution < -0.4 is 20.5 Å². The van der Waals surface area contributed by atoms with Gasteiger partial charge in [-0.15, -0.1) is 0 Å². The summed E-state index contributed by atoms with van der Waals surface area (Å²) in [4.78, 5) is 0. The van der Waals surface area contributed by atoms with E-state index in [2.05, 4.69) is 5.32 Å². The second-order valence-electron chi connectivity index (χ2n) is 5.64. The topological polar surface area (TPSA) is 65.7 Å². The van der Waals surface area contributed by atoms with Crippen molar-refractivity contribution in [1.29, 1.82) is 0 Å². The third kappa shape index (κ3) is 3.73. The number of ether oxygens (including phenoxy) is 3. The van der Waals surface area contributed by atoms with Crippen LogP contribution >= 0.6 is 0 Å². The Morgan fingerprint density at radius 3 is 2.57 bits per heavy atom. The van der Waals surface area contributed by atoms with Crippen molar-refractivity contribution >= 4 is 11.4 Å². The maximum atomic E-state index is 6.03. The summed E-state index contributed by atoms with van der Waals surface area (Å²) in [6, 6.07) is 3.73. The normalized spacial score (nSPS) is 18.5. The smallest absolute Gasteiger partial charge is 0.163 e. The second-order valence-corrected chi connectivity index (χ2v) is 5.64. The Hall–Kier alpha value is -1.62. The predicted octanol–water partition coefficient (Wildman–Crippen LogP) is 2.80. The van der Waals surface area contributed by atoms with Crippen LogP contribution in [0.1, 0.15) is 32.1 Å². The van der Waals surface area contributed by atoms with Crippen molar-refractivity contribution in [2.24, 2.45) is 0 Å². The zero-order valence-electron chi connectivity index (χ0n) is 12.4. The van der Waals surface area contributed by atoms with E-state index in [0.29, 0.717) is 31.6 Å². The van der Waals surface area contributed by atoms with Crippen molar-refractivity contribution in [2.45, 2.75) is 38.2 Å². The van der Waals surface area contributed by atoms with E-state index in [9.17, 15) is 0 Å². The van der Waals surface area contributed by atoms with E-state index in [1.807, 2.05) is 12.1 Å². The molecule has 1 aromatic rings. The molecule has 3 N–H and O–H groups in total. The highest BCUT2D eigenvalue weighted by atomic mass is 16.6. The van der Waals surface area contributed by atoms with Crippen LogP contribution in [0.5, 0.6) is 11.5 Å². The van der Waals surface area contributed by atoms with Gasteiger partial charge in [0.25, 0.3) is 0 Å². The van der Waals surface area contributed by atoms with Crippen LogP contribution in [-0.4, -0.2) is 32.5 Å². The van der Waals surface area contributed by atoms with Gasteiger partial charge in [-0.05, 0) is 12.8 Å². The molecule has 1 aromatic carbocycles. The van der Waals surface area contributed by atoms with Crippen molar-refractivity contribution < 1.29 is 14.2 Å². The number of fused-ring (bicyclic) bond motifs is 1. The molecule has 1 heterocycles. The van der Waals surface area contributed by atoms with E-state index in [-0.39, 0.29) is 0 Å². The van der Waals surface area contributed by atoms with Gasteiger partial charge in [0.1, 0.15) is 13.2 Å². The average molecular weight is 292 g/mol. The zero-order chi connectivity index (χ0) is 14.5. The number of hydrogen-bond donors (Lipinski definition) is 2. The number of nitrogens with two attached hydrogens (primary N) is 1. The molecule has 0 amide bonds. The summed E-state index contributed by atoms with van der Waals surface area (Å²) < 4.78 is 17.0. The average Bonchev–Trinajstić information content (AvgIpc) is 2.53. The third-order valence-corrected chi connectivity index (χ3v) is 4.04. The summed E-state index contributed by atoms with van der Waals surface area (Å²) in [5.74, 6) is 1.48. The fourth-order valence-electron chi connectivity index (χ4n) is 2.90. The molecular weight excluding hydrogens is 268 g/mol. The lowest BCUT2D eigenvalue weighted by Gasteiger charge is -2.23. The minimum Gasteiger partial charge on any atom is -0.486 e. The summed E-state index contributed by atoms with van der Waals surface area (Å²) in [5, 5.41) is 3.32.